The van der Waals surface area contributed by atoms with Crippen molar-refractivity contribution in [1.82, 2.24) is 9.88 Å². The molecule has 2 heterocycles. The Morgan fingerprint density at radius 2 is 1.87 bits per heavy atom. The fraction of sp³-hybridized carbons (Fsp3) is 0.250. The van der Waals surface area contributed by atoms with Crippen LogP contribution in [0.25, 0.3) is 11.1 Å². The van der Waals surface area contributed by atoms with Gasteiger partial charge in [-0.25, -0.2) is 4.39 Å². The van der Waals surface area contributed by atoms with Gasteiger partial charge in [0.25, 0.3) is 5.91 Å². The van der Waals surface area contributed by atoms with Crippen LogP contribution in [0.2, 0.25) is 0 Å². The van der Waals surface area contributed by atoms with Gasteiger partial charge >= 0.3 is 0 Å². The van der Waals surface area contributed by atoms with E-state index < -0.39 is 0 Å². The summed E-state index contributed by atoms with van der Waals surface area (Å²) in [7, 11) is 0. The summed E-state index contributed by atoms with van der Waals surface area (Å²) in [6.07, 6.45) is 3.26. The lowest BCUT2D eigenvalue weighted by molar-refractivity contribution is 0.0713. The van der Waals surface area contributed by atoms with E-state index >= 15 is 0 Å². The highest BCUT2D eigenvalue weighted by molar-refractivity contribution is 5.99. The number of hydrogen-bond donors (Lipinski definition) is 2. The number of carbonyl (C=O) groups is 1. The number of aromatic nitrogens is 1. The lowest BCUT2D eigenvalue weighted by Gasteiger charge is -2.33. The number of nitrogens with zero attached hydrogens (tertiary/aromatic N) is 2. The first kappa shape index (κ1) is 20.0. The molecule has 5 nitrogen and oxygen atoms in total. The van der Waals surface area contributed by atoms with Gasteiger partial charge < -0.3 is 16.0 Å². The highest BCUT2D eigenvalue weighted by Gasteiger charge is 2.26. The summed E-state index contributed by atoms with van der Waals surface area (Å²) in [5.41, 5.74) is 9.74. The fourth-order valence-electron chi connectivity index (χ4n) is 3.82. The molecule has 4 rings (SSSR count). The number of nitrogens with two attached hydrogens (primary N) is 1. The van der Waals surface area contributed by atoms with Crippen LogP contribution in [0.4, 0.5) is 10.1 Å². The molecule has 0 unspecified atom stereocenters. The number of piperidine rings is 1. The Morgan fingerprint density at radius 1 is 1.10 bits per heavy atom. The molecule has 3 N–H and O–H groups in total. The Kier molecular flexibility index (Phi) is 6.05. The average molecular weight is 404 g/mol. The molecule has 0 aliphatic carbocycles. The summed E-state index contributed by atoms with van der Waals surface area (Å²) >= 11 is 0. The lowest BCUT2D eigenvalue weighted by atomic mass is 10.00. The van der Waals surface area contributed by atoms with E-state index in [0.29, 0.717) is 25.3 Å². The quantitative estimate of drug-likeness (QED) is 0.673. The van der Waals surface area contributed by atoms with Crippen molar-refractivity contribution in [3.63, 3.8) is 0 Å². The van der Waals surface area contributed by atoms with E-state index in [4.69, 9.17) is 5.73 Å². The van der Waals surface area contributed by atoms with Crippen LogP contribution in [0.5, 0.6) is 0 Å². The van der Waals surface area contributed by atoms with Gasteiger partial charge in [0.05, 0.1) is 0 Å². The molecule has 30 heavy (non-hydrogen) atoms. The van der Waals surface area contributed by atoms with Crippen molar-refractivity contribution in [2.24, 2.45) is 5.73 Å². The van der Waals surface area contributed by atoms with Gasteiger partial charge in [-0.3, -0.25) is 9.78 Å². The standard InChI is InChI=1S/C24H25FN4O/c25-19-3-1-4-21(15-19)28-20-10-13-29(14-11-20)24(30)23-22(5-2-12-27-23)18-8-6-17(16-26)7-9-18/h1-9,12,15,20,28H,10-11,13-14,16,26H2. The molecular weight excluding hydrogens is 379 g/mol. The Labute approximate surface area is 175 Å². The molecule has 6 heteroatoms. The number of pyridine rings is 1. The van der Waals surface area contributed by atoms with Crippen molar-refractivity contribution in [2.75, 3.05) is 18.4 Å². The fourth-order valence-corrected chi connectivity index (χ4v) is 3.82. The third-order valence-corrected chi connectivity index (χ3v) is 5.49. The minimum atomic E-state index is -0.255. The van der Waals surface area contributed by atoms with Crippen LogP contribution < -0.4 is 11.1 Å². The maximum Gasteiger partial charge on any atom is 0.273 e. The smallest absolute Gasteiger partial charge is 0.273 e. The van der Waals surface area contributed by atoms with Crippen LogP contribution >= 0.6 is 0 Å². The van der Waals surface area contributed by atoms with Crippen molar-refractivity contribution >= 4 is 11.6 Å². The number of amides is 1. The highest BCUT2D eigenvalue weighted by atomic mass is 19.1. The number of nitrogens with one attached hydrogen (secondary N) is 1. The van der Waals surface area contributed by atoms with Gasteiger partial charge in [0.1, 0.15) is 11.5 Å². The van der Waals surface area contributed by atoms with Gasteiger partial charge in [-0.05, 0) is 48.2 Å². The topological polar surface area (TPSA) is 71.2 Å². The molecule has 0 spiro atoms. The average Bonchev–Trinajstić information content (AvgIpc) is 2.79. The van der Waals surface area contributed by atoms with E-state index in [-0.39, 0.29) is 17.8 Å². The van der Waals surface area contributed by atoms with Crippen LogP contribution in [0.3, 0.4) is 0 Å². The van der Waals surface area contributed by atoms with Crippen molar-refractivity contribution in [2.45, 2.75) is 25.4 Å². The molecule has 1 aromatic heterocycles. The molecule has 0 bridgehead atoms. The van der Waals surface area contributed by atoms with E-state index in [1.165, 1.54) is 12.1 Å². The number of hydrogen-bond acceptors (Lipinski definition) is 4. The molecule has 3 aromatic rings. The normalized spacial score (nSPS) is 14.5. The zero-order chi connectivity index (χ0) is 20.9. The summed E-state index contributed by atoms with van der Waals surface area (Å²) < 4.78 is 13.4. The van der Waals surface area contributed by atoms with E-state index in [2.05, 4.69) is 10.3 Å². The Hall–Kier alpha value is -3.25. The SMILES string of the molecule is NCc1ccc(-c2cccnc2C(=O)N2CCC(Nc3cccc(F)c3)CC2)cc1. The van der Waals surface area contributed by atoms with Crippen LogP contribution in [-0.2, 0) is 6.54 Å². The molecule has 0 radical (unpaired) electrons. The van der Waals surface area contributed by atoms with Crippen molar-refractivity contribution in [3.05, 3.63) is 83.9 Å². The van der Waals surface area contributed by atoms with E-state index in [1.54, 1.807) is 12.3 Å². The zero-order valence-electron chi connectivity index (χ0n) is 16.7. The highest BCUT2D eigenvalue weighted by Crippen LogP contribution is 2.25. The van der Waals surface area contributed by atoms with Gasteiger partial charge in [0.2, 0.25) is 0 Å². The molecule has 1 aliphatic heterocycles. The summed E-state index contributed by atoms with van der Waals surface area (Å²) in [5, 5.41) is 3.37. The van der Waals surface area contributed by atoms with Crippen molar-refractivity contribution < 1.29 is 9.18 Å². The van der Waals surface area contributed by atoms with Crippen molar-refractivity contribution in [1.29, 1.82) is 0 Å². The summed E-state index contributed by atoms with van der Waals surface area (Å²) in [6, 6.07) is 18.4. The predicted octanol–water partition coefficient (Wildman–Crippen LogP) is 4.06. The Bertz CT molecular complexity index is 1010. The van der Waals surface area contributed by atoms with Gasteiger partial charge in [-0.2, -0.15) is 0 Å². The number of halogens is 1. The second kappa shape index (κ2) is 9.05. The Morgan fingerprint density at radius 3 is 2.57 bits per heavy atom. The Balaban J connectivity index is 1.44. The predicted molar refractivity (Wildman–Crippen MR) is 117 cm³/mol. The summed E-state index contributed by atoms with van der Waals surface area (Å²) in [6.45, 7) is 1.75. The summed E-state index contributed by atoms with van der Waals surface area (Å²) in [4.78, 5) is 19.4. The number of rotatable bonds is 5. The van der Waals surface area contributed by atoms with Gasteiger partial charge in [0.15, 0.2) is 0 Å². The third kappa shape index (κ3) is 4.49. The number of anilines is 1. The molecule has 154 valence electrons. The van der Waals surface area contributed by atoms with E-state index in [9.17, 15) is 9.18 Å². The van der Waals surface area contributed by atoms with Gasteiger partial charge in [-0.15, -0.1) is 0 Å². The molecular formula is C24H25FN4O. The first-order valence-corrected chi connectivity index (χ1v) is 10.2. The van der Waals surface area contributed by atoms with Crippen LogP contribution in [0.1, 0.15) is 28.9 Å². The number of carbonyl (C=O) groups excluding carboxylic acids is 1. The molecule has 1 fully saturated rings. The van der Waals surface area contributed by atoms with Gasteiger partial charge in [-0.1, -0.05) is 36.4 Å². The molecule has 1 amide bonds. The maximum absolute atomic E-state index is 13.4. The van der Waals surface area contributed by atoms with E-state index in [1.807, 2.05) is 47.4 Å². The molecule has 1 aliphatic rings. The lowest BCUT2D eigenvalue weighted by Crippen LogP contribution is -2.42. The zero-order valence-corrected chi connectivity index (χ0v) is 16.7. The van der Waals surface area contributed by atoms with Crippen LogP contribution in [-0.4, -0.2) is 34.9 Å². The largest absolute Gasteiger partial charge is 0.382 e. The molecule has 1 saturated heterocycles. The second-order valence-electron chi connectivity index (χ2n) is 7.52. The molecule has 0 saturated carbocycles. The maximum atomic E-state index is 13.4. The second-order valence-corrected chi connectivity index (χ2v) is 7.52. The molecule has 2 aromatic carbocycles. The van der Waals surface area contributed by atoms with Gasteiger partial charge in [0, 0.05) is 43.1 Å². The third-order valence-electron chi connectivity index (χ3n) is 5.49. The molecule has 0 atom stereocenters. The number of benzene rings is 2. The van der Waals surface area contributed by atoms with E-state index in [0.717, 1.165) is 35.2 Å². The van der Waals surface area contributed by atoms with Crippen LogP contribution in [0, 0.1) is 5.82 Å². The number of likely N-dealkylation sites (tertiary alicyclic amines) is 1. The van der Waals surface area contributed by atoms with Crippen LogP contribution in [0.15, 0.2) is 66.9 Å². The first-order valence-electron chi connectivity index (χ1n) is 10.2. The monoisotopic (exact) mass is 404 g/mol. The van der Waals surface area contributed by atoms with Crippen molar-refractivity contribution in [3.8, 4) is 11.1 Å². The minimum absolute atomic E-state index is 0.0577. The minimum Gasteiger partial charge on any atom is -0.382 e. The summed E-state index contributed by atoms with van der Waals surface area (Å²) in [5.74, 6) is -0.313. The first-order chi connectivity index (χ1) is 14.6.